The van der Waals surface area contributed by atoms with Gasteiger partial charge in [-0.3, -0.25) is 14.9 Å². The van der Waals surface area contributed by atoms with Crippen molar-refractivity contribution in [3.8, 4) is 0 Å². The summed E-state index contributed by atoms with van der Waals surface area (Å²) >= 11 is 1.24. The van der Waals surface area contributed by atoms with E-state index in [1.54, 1.807) is 0 Å². The van der Waals surface area contributed by atoms with Gasteiger partial charge in [0.2, 0.25) is 0 Å². The Morgan fingerprint density at radius 3 is 2.38 bits per heavy atom. The highest BCUT2D eigenvalue weighted by Crippen LogP contribution is 2.35. The maximum Gasteiger partial charge on any atom is 0.338 e. The molecule has 0 N–H and O–H groups in total. The molecule has 0 atom stereocenters. The fourth-order valence-electron chi connectivity index (χ4n) is 1.95. The van der Waals surface area contributed by atoms with E-state index in [9.17, 15) is 19.7 Å². The van der Waals surface area contributed by atoms with Crippen LogP contribution in [0.5, 0.6) is 0 Å². The lowest BCUT2D eigenvalue weighted by molar-refractivity contribution is -0.387. The first-order valence-corrected chi connectivity index (χ1v) is 8.50. The molecular weight excluding hydrogens is 356 g/mol. The van der Waals surface area contributed by atoms with Crippen molar-refractivity contribution in [2.24, 2.45) is 0 Å². The minimum absolute atomic E-state index is 0.0245. The third-order valence-electron chi connectivity index (χ3n) is 3.47. The monoisotopic (exact) mass is 374 g/mol. The van der Waals surface area contributed by atoms with Crippen LogP contribution in [0.25, 0.3) is 0 Å². The smallest absolute Gasteiger partial charge is 0.338 e. The number of nitrogens with zero attached hydrogens (tertiary/aromatic N) is 2. The predicted octanol–water partition coefficient (Wildman–Crippen LogP) is 3.30. The zero-order chi connectivity index (χ0) is 19.3. The number of hydrogen-bond acceptors (Lipinski definition) is 6. The van der Waals surface area contributed by atoms with Crippen molar-refractivity contribution in [3.63, 3.8) is 0 Å². The van der Waals surface area contributed by atoms with Gasteiger partial charge in [0, 0.05) is 25.1 Å². The van der Waals surface area contributed by atoms with Crippen molar-refractivity contribution in [1.29, 1.82) is 0 Å². The second-order valence-electron chi connectivity index (χ2n) is 5.72. The van der Waals surface area contributed by atoms with Crippen molar-refractivity contribution < 1.29 is 19.2 Å². The maximum absolute atomic E-state index is 12.0. The highest BCUT2D eigenvalue weighted by atomic mass is 32.2. The number of esters is 1. The largest absolute Gasteiger partial charge is 0.452 e. The van der Waals surface area contributed by atoms with Crippen molar-refractivity contribution in [3.05, 3.63) is 63.7 Å². The number of likely N-dealkylation sites (N-methyl/N-ethyl adjacent to an activating group) is 1. The molecule has 7 nitrogen and oxygen atoms in total. The van der Waals surface area contributed by atoms with Gasteiger partial charge >= 0.3 is 5.97 Å². The summed E-state index contributed by atoms with van der Waals surface area (Å²) in [5, 5.41) is 11.4. The summed E-state index contributed by atoms with van der Waals surface area (Å²) < 4.78 is 4.90. The van der Waals surface area contributed by atoms with Crippen LogP contribution in [0, 0.1) is 17.0 Å². The Hall–Kier alpha value is -2.87. The molecule has 0 saturated heterocycles. The lowest BCUT2D eigenvalue weighted by atomic mass is 10.2. The van der Waals surface area contributed by atoms with Gasteiger partial charge in [-0.1, -0.05) is 29.5 Å². The second kappa shape index (κ2) is 8.48. The van der Waals surface area contributed by atoms with Crippen LogP contribution >= 0.6 is 11.8 Å². The summed E-state index contributed by atoms with van der Waals surface area (Å²) in [5.41, 5.74) is 0.926. The van der Waals surface area contributed by atoms with E-state index in [4.69, 9.17) is 4.74 Å². The van der Waals surface area contributed by atoms with Gasteiger partial charge in [-0.05, 0) is 31.2 Å². The Labute approximate surface area is 155 Å². The highest BCUT2D eigenvalue weighted by molar-refractivity contribution is 7.99. The summed E-state index contributed by atoms with van der Waals surface area (Å²) in [4.78, 5) is 36.9. The molecule has 0 aliphatic rings. The number of benzene rings is 2. The number of nitro benzene ring substituents is 1. The van der Waals surface area contributed by atoms with Gasteiger partial charge in [0.1, 0.15) is 0 Å². The Kier molecular flexibility index (Phi) is 6.35. The van der Waals surface area contributed by atoms with E-state index in [1.165, 1.54) is 49.0 Å². The molecule has 0 heterocycles. The second-order valence-corrected chi connectivity index (χ2v) is 6.83. The maximum atomic E-state index is 12.0. The zero-order valence-corrected chi connectivity index (χ0v) is 15.4. The average Bonchev–Trinajstić information content (AvgIpc) is 2.61. The number of rotatable bonds is 6. The molecular formula is C18H18N2O5S. The van der Waals surface area contributed by atoms with Crippen LogP contribution in [-0.4, -0.2) is 42.4 Å². The van der Waals surface area contributed by atoms with Crippen molar-refractivity contribution in [2.75, 3.05) is 20.7 Å². The number of ether oxygens (including phenoxy) is 1. The predicted molar refractivity (Wildman–Crippen MR) is 97.4 cm³/mol. The lowest BCUT2D eigenvalue weighted by Crippen LogP contribution is -2.27. The molecule has 0 aromatic heterocycles. The van der Waals surface area contributed by atoms with Crippen molar-refractivity contribution >= 4 is 29.3 Å². The molecule has 1 amide bonds. The number of hydrogen-bond donors (Lipinski definition) is 0. The molecule has 2 aromatic carbocycles. The molecule has 0 aliphatic carbocycles. The standard InChI is InChI=1S/C18H18N2O5S/c1-12-4-7-14(8-5-12)26-16-9-6-13(10-15(16)20(23)24)18(22)25-11-17(21)19(2)3/h4-10H,11H2,1-3H3. The van der Waals surface area contributed by atoms with E-state index < -0.39 is 17.5 Å². The Balaban J connectivity index is 2.19. The average molecular weight is 374 g/mol. The number of carbonyl (C=O) groups is 2. The highest BCUT2D eigenvalue weighted by Gasteiger charge is 2.20. The van der Waals surface area contributed by atoms with E-state index in [0.717, 1.165) is 10.5 Å². The van der Waals surface area contributed by atoms with Crippen LogP contribution in [0.3, 0.4) is 0 Å². The van der Waals surface area contributed by atoms with Gasteiger partial charge in [0.15, 0.2) is 6.61 Å². The number of amides is 1. The van der Waals surface area contributed by atoms with Gasteiger partial charge < -0.3 is 9.64 Å². The first-order valence-electron chi connectivity index (χ1n) is 7.68. The minimum Gasteiger partial charge on any atom is -0.452 e. The van der Waals surface area contributed by atoms with Gasteiger partial charge in [-0.15, -0.1) is 0 Å². The van der Waals surface area contributed by atoms with E-state index in [0.29, 0.717) is 4.90 Å². The number of aryl methyl sites for hydroxylation is 1. The molecule has 0 aliphatic heterocycles. The van der Waals surface area contributed by atoms with Gasteiger partial charge in [0.25, 0.3) is 11.6 Å². The lowest BCUT2D eigenvalue weighted by Gasteiger charge is -2.10. The molecule has 2 rings (SSSR count). The molecule has 0 radical (unpaired) electrons. The third-order valence-corrected chi connectivity index (χ3v) is 4.54. The van der Waals surface area contributed by atoms with Crippen molar-refractivity contribution in [2.45, 2.75) is 16.7 Å². The quantitative estimate of drug-likeness (QED) is 0.438. The molecule has 2 aromatic rings. The summed E-state index contributed by atoms with van der Waals surface area (Å²) in [6, 6.07) is 11.7. The van der Waals surface area contributed by atoms with E-state index in [2.05, 4.69) is 0 Å². The first-order chi connectivity index (χ1) is 12.3. The summed E-state index contributed by atoms with van der Waals surface area (Å²) in [6.07, 6.45) is 0. The van der Waals surface area contributed by atoms with Crippen LogP contribution in [0.15, 0.2) is 52.3 Å². The number of nitro groups is 1. The first kappa shape index (κ1) is 19.5. The molecule has 0 spiro atoms. The van der Waals surface area contributed by atoms with Crippen LogP contribution in [-0.2, 0) is 9.53 Å². The minimum atomic E-state index is -0.782. The summed E-state index contributed by atoms with van der Waals surface area (Å²) in [7, 11) is 3.08. The van der Waals surface area contributed by atoms with Crippen LogP contribution in [0.1, 0.15) is 15.9 Å². The van der Waals surface area contributed by atoms with Gasteiger partial charge in [-0.2, -0.15) is 0 Å². The van der Waals surface area contributed by atoms with E-state index in [-0.39, 0.29) is 17.2 Å². The van der Waals surface area contributed by atoms with Crippen LogP contribution in [0.2, 0.25) is 0 Å². The normalized spacial score (nSPS) is 10.3. The van der Waals surface area contributed by atoms with Crippen LogP contribution < -0.4 is 0 Å². The molecule has 26 heavy (non-hydrogen) atoms. The zero-order valence-electron chi connectivity index (χ0n) is 14.6. The molecule has 0 saturated carbocycles. The topological polar surface area (TPSA) is 89.8 Å². The Morgan fingerprint density at radius 1 is 1.15 bits per heavy atom. The Morgan fingerprint density at radius 2 is 1.81 bits per heavy atom. The molecule has 8 heteroatoms. The fraction of sp³-hybridized carbons (Fsp3) is 0.222. The molecule has 0 unspecified atom stereocenters. The summed E-state index contributed by atoms with van der Waals surface area (Å²) in [6.45, 7) is 1.54. The van der Waals surface area contributed by atoms with Gasteiger partial charge in [-0.25, -0.2) is 4.79 Å². The van der Waals surface area contributed by atoms with E-state index >= 15 is 0 Å². The Bertz CT molecular complexity index is 834. The fourth-order valence-corrected chi connectivity index (χ4v) is 2.85. The molecule has 136 valence electrons. The van der Waals surface area contributed by atoms with Crippen molar-refractivity contribution in [1.82, 2.24) is 4.90 Å². The molecule has 0 bridgehead atoms. The van der Waals surface area contributed by atoms with Crippen LogP contribution in [0.4, 0.5) is 5.69 Å². The third kappa shape index (κ3) is 5.06. The summed E-state index contributed by atoms with van der Waals surface area (Å²) in [5.74, 6) is -1.16. The number of carbonyl (C=O) groups excluding carboxylic acids is 2. The van der Waals surface area contributed by atoms with Gasteiger partial charge in [0.05, 0.1) is 15.4 Å². The molecule has 0 fully saturated rings. The van der Waals surface area contributed by atoms with E-state index in [1.807, 2.05) is 31.2 Å². The SMILES string of the molecule is Cc1ccc(Sc2ccc(C(=O)OCC(=O)N(C)C)cc2[N+](=O)[O-])cc1.